The molecule has 1 aromatic carbocycles. The predicted molar refractivity (Wildman–Crippen MR) is 83.1 cm³/mol. The van der Waals surface area contributed by atoms with Gasteiger partial charge in [0.1, 0.15) is 11.6 Å². The molecule has 1 aromatic heterocycles. The number of nitrogens with zero attached hydrogens (tertiary/aromatic N) is 1. The van der Waals surface area contributed by atoms with Gasteiger partial charge in [0.25, 0.3) is 5.91 Å². The van der Waals surface area contributed by atoms with Crippen LogP contribution >= 0.6 is 0 Å². The monoisotopic (exact) mass is 316 g/mol. The molecule has 0 aliphatic carbocycles. The molecule has 0 atom stereocenters. The molecule has 1 N–H and O–H groups in total. The smallest absolute Gasteiger partial charge is 0.254 e. The number of aryl methyl sites for hydroxylation is 1. The van der Waals surface area contributed by atoms with Crippen molar-refractivity contribution in [3.63, 3.8) is 0 Å². The number of nitrogens with one attached hydrogen (secondary N) is 1. The summed E-state index contributed by atoms with van der Waals surface area (Å²) in [4.78, 5) is 27.6. The summed E-state index contributed by atoms with van der Waals surface area (Å²) in [7, 11) is 1.42. The highest BCUT2D eigenvalue weighted by atomic mass is 19.1. The molecule has 6 heteroatoms. The predicted octanol–water partition coefficient (Wildman–Crippen LogP) is 2.67. The summed E-state index contributed by atoms with van der Waals surface area (Å²) in [6.45, 7) is 3.34. The second kappa shape index (κ2) is 7.00. The first kappa shape index (κ1) is 16.6. The van der Waals surface area contributed by atoms with E-state index in [2.05, 4.69) is 10.3 Å². The Kier molecular flexibility index (Phi) is 5.05. The molecular weight excluding hydrogens is 299 g/mol. The van der Waals surface area contributed by atoms with E-state index >= 15 is 0 Å². The van der Waals surface area contributed by atoms with Crippen LogP contribution in [0.15, 0.2) is 30.3 Å². The van der Waals surface area contributed by atoms with Gasteiger partial charge in [-0.1, -0.05) is 0 Å². The highest BCUT2D eigenvalue weighted by Gasteiger charge is 2.13. The van der Waals surface area contributed by atoms with Gasteiger partial charge in [-0.05, 0) is 38.1 Å². The van der Waals surface area contributed by atoms with Crippen molar-refractivity contribution in [2.45, 2.75) is 20.4 Å². The Balaban J connectivity index is 2.07. The molecule has 0 unspecified atom stereocenters. The van der Waals surface area contributed by atoms with E-state index in [0.29, 0.717) is 22.7 Å². The fraction of sp³-hybridized carbons (Fsp3) is 0.235. The molecule has 0 saturated carbocycles. The molecule has 2 aromatic rings. The number of amides is 1. The van der Waals surface area contributed by atoms with E-state index in [-0.39, 0.29) is 17.9 Å². The molecule has 0 spiro atoms. The standard InChI is InChI=1S/C17H17FN2O3/c1-10-14(11(2)21)6-4-12(20-10)9-19-17(22)15-7-5-13(23-3)8-16(15)18/h4-8H,9H2,1-3H3,(H,19,22). The van der Waals surface area contributed by atoms with E-state index < -0.39 is 11.7 Å². The lowest BCUT2D eigenvalue weighted by Gasteiger charge is -2.08. The summed E-state index contributed by atoms with van der Waals surface area (Å²) in [6.07, 6.45) is 0. The zero-order valence-corrected chi connectivity index (χ0v) is 13.1. The first-order valence-electron chi connectivity index (χ1n) is 7.01. The fourth-order valence-corrected chi connectivity index (χ4v) is 2.16. The number of halogens is 1. The number of aromatic nitrogens is 1. The molecule has 0 radical (unpaired) electrons. The summed E-state index contributed by atoms with van der Waals surface area (Å²) < 4.78 is 18.7. The Labute approximate surface area is 133 Å². The molecule has 0 bridgehead atoms. The van der Waals surface area contributed by atoms with E-state index in [0.717, 1.165) is 6.07 Å². The number of hydrogen-bond donors (Lipinski definition) is 1. The number of Topliss-reactive ketones (excluding diaryl/α,β-unsaturated/α-hetero) is 1. The number of benzene rings is 1. The van der Waals surface area contributed by atoms with Crippen molar-refractivity contribution < 1.29 is 18.7 Å². The minimum Gasteiger partial charge on any atom is -0.497 e. The molecule has 1 heterocycles. The highest BCUT2D eigenvalue weighted by Crippen LogP contribution is 2.16. The molecule has 2 rings (SSSR count). The molecule has 0 aliphatic heterocycles. The van der Waals surface area contributed by atoms with Gasteiger partial charge in [-0.15, -0.1) is 0 Å². The third-order valence-corrected chi connectivity index (χ3v) is 3.37. The number of hydrogen-bond acceptors (Lipinski definition) is 4. The van der Waals surface area contributed by atoms with Gasteiger partial charge in [0, 0.05) is 17.3 Å². The van der Waals surface area contributed by atoms with Crippen molar-refractivity contribution in [3.05, 3.63) is 58.7 Å². The minimum atomic E-state index is -0.655. The van der Waals surface area contributed by atoms with Gasteiger partial charge in [0.05, 0.1) is 24.9 Å². The Morgan fingerprint density at radius 3 is 2.48 bits per heavy atom. The Bertz CT molecular complexity index is 759. The maximum atomic E-state index is 13.8. The summed E-state index contributed by atoms with van der Waals surface area (Å²) in [5, 5.41) is 2.60. The van der Waals surface area contributed by atoms with Crippen molar-refractivity contribution in [3.8, 4) is 5.75 Å². The molecule has 0 saturated heterocycles. The van der Waals surface area contributed by atoms with E-state index in [1.807, 2.05) is 0 Å². The van der Waals surface area contributed by atoms with Gasteiger partial charge in [-0.25, -0.2) is 4.39 Å². The number of rotatable bonds is 5. The van der Waals surface area contributed by atoms with Crippen molar-refractivity contribution in [1.29, 1.82) is 0 Å². The average molecular weight is 316 g/mol. The van der Waals surface area contributed by atoms with Crippen LogP contribution in [0, 0.1) is 12.7 Å². The Hall–Kier alpha value is -2.76. The molecule has 23 heavy (non-hydrogen) atoms. The second-order valence-electron chi connectivity index (χ2n) is 5.02. The third-order valence-electron chi connectivity index (χ3n) is 3.37. The van der Waals surface area contributed by atoms with E-state index in [1.54, 1.807) is 19.1 Å². The van der Waals surface area contributed by atoms with Crippen LogP contribution in [-0.4, -0.2) is 23.8 Å². The quantitative estimate of drug-likeness (QED) is 0.861. The summed E-state index contributed by atoms with van der Waals surface area (Å²) in [5.41, 5.74) is 1.67. The zero-order valence-electron chi connectivity index (χ0n) is 13.1. The fourth-order valence-electron chi connectivity index (χ4n) is 2.16. The minimum absolute atomic E-state index is 0.0640. The molecule has 5 nitrogen and oxygen atoms in total. The number of carbonyl (C=O) groups is 2. The Morgan fingerprint density at radius 2 is 1.91 bits per heavy atom. The normalized spacial score (nSPS) is 10.3. The maximum absolute atomic E-state index is 13.8. The first-order valence-corrected chi connectivity index (χ1v) is 7.01. The summed E-state index contributed by atoms with van der Waals surface area (Å²) in [6, 6.07) is 7.36. The van der Waals surface area contributed by atoms with Crippen LogP contribution in [-0.2, 0) is 6.54 Å². The van der Waals surface area contributed by atoms with Crippen molar-refractivity contribution in [2.24, 2.45) is 0 Å². The summed E-state index contributed by atoms with van der Waals surface area (Å²) in [5.74, 6) is -0.916. The summed E-state index contributed by atoms with van der Waals surface area (Å²) >= 11 is 0. The number of pyridine rings is 1. The lowest BCUT2D eigenvalue weighted by Crippen LogP contribution is -2.24. The lowest BCUT2D eigenvalue weighted by atomic mass is 10.1. The van der Waals surface area contributed by atoms with Crippen molar-refractivity contribution >= 4 is 11.7 Å². The lowest BCUT2D eigenvalue weighted by molar-refractivity contribution is 0.0945. The molecular formula is C17H17FN2O3. The van der Waals surface area contributed by atoms with Crippen LogP contribution in [0.3, 0.4) is 0 Å². The molecule has 120 valence electrons. The SMILES string of the molecule is COc1ccc(C(=O)NCc2ccc(C(C)=O)c(C)n2)c(F)c1. The second-order valence-corrected chi connectivity index (χ2v) is 5.02. The third kappa shape index (κ3) is 3.91. The average Bonchev–Trinajstić information content (AvgIpc) is 2.52. The maximum Gasteiger partial charge on any atom is 0.254 e. The molecule has 1 amide bonds. The van der Waals surface area contributed by atoms with Gasteiger partial charge >= 0.3 is 0 Å². The molecule has 0 aliphatic rings. The number of ether oxygens (including phenoxy) is 1. The van der Waals surface area contributed by atoms with E-state index in [4.69, 9.17) is 4.74 Å². The first-order chi connectivity index (χ1) is 10.9. The van der Waals surface area contributed by atoms with Crippen LogP contribution in [0.4, 0.5) is 4.39 Å². The van der Waals surface area contributed by atoms with Crippen LogP contribution in [0.25, 0.3) is 0 Å². The molecule has 0 fully saturated rings. The van der Waals surface area contributed by atoms with E-state index in [9.17, 15) is 14.0 Å². The number of methoxy groups -OCH3 is 1. The van der Waals surface area contributed by atoms with Crippen LogP contribution in [0.5, 0.6) is 5.75 Å². The highest BCUT2D eigenvalue weighted by molar-refractivity contribution is 5.95. The van der Waals surface area contributed by atoms with E-state index in [1.165, 1.54) is 26.2 Å². The van der Waals surface area contributed by atoms with Gasteiger partial charge < -0.3 is 10.1 Å². The number of carbonyl (C=O) groups excluding carboxylic acids is 2. The largest absolute Gasteiger partial charge is 0.497 e. The van der Waals surface area contributed by atoms with Gasteiger partial charge in [-0.2, -0.15) is 0 Å². The topological polar surface area (TPSA) is 68.3 Å². The van der Waals surface area contributed by atoms with Gasteiger partial charge in [0.2, 0.25) is 0 Å². The van der Waals surface area contributed by atoms with Crippen LogP contribution in [0.1, 0.15) is 39.0 Å². The van der Waals surface area contributed by atoms with Gasteiger partial charge in [0.15, 0.2) is 5.78 Å². The van der Waals surface area contributed by atoms with Gasteiger partial charge in [-0.3, -0.25) is 14.6 Å². The van der Waals surface area contributed by atoms with Crippen molar-refractivity contribution in [2.75, 3.05) is 7.11 Å². The zero-order chi connectivity index (χ0) is 17.0. The van der Waals surface area contributed by atoms with Crippen molar-refractivity contribution in [1.82, 2.24) is 10.3 Å². The Morgan fingerprint density at radius 1 is 1.22 bits per heavy atom. The number of ketones is 1. The van der Waals surface area contributed by atoms with Crippen LogP contribution < -0.4 is 10.1 Å². The van der Waals surface area contributed by atoms with Crippen LogP contribution in [0.2, 0.25) is 0 Å².